The van der Waals surface area contributed by atoms with Gasteiger partial charge in [0.25, 0.3) is 0 Å². The van der Waals surface area contributed by atoms with Gasteiger partial charge in [-0.15, -0.1) is 0 Å². The number of carbonyl (C=O) groups is 3. The number of nitrogens with two attached hydrogens (primary N) is 1. The fraction of sp³-hybridized carbons (Fsp3) is 0.667. The molecule has 0 heterocycles. The Bertz CT molecular complexity index is 336. The van der Waals surface area contributed by atoms with Crippen LogP contribution in [0.1, 0.15) is 0 Å². The average molecular weight is 315 g/mol. The molecule has 10 N–H and O–H groups in total. The highest BCUT2D eigenvalue weighted by atomic mass is 16.4. The molecular weight excluding hydrogens is 298 g/mol. The van der Waals surface area contributed by atoms with Crippen molar-refractivity contribution in [3.05, 3.63) is 0 Å². The zero-order valence-corrected chi connectivity index (χ0v) is 10.5. The van der Waals surface area contributed by atoms with E-state index >= 15 is 0 Å². The lowest BCUT2D eigenvalue weighted by Crippen LogP contribution is -2.49. The number of aliphatic hydroxyl groups excluding tert-OH is 5. The number of rotatable bonds is 7. The van der Waals surface area contributed by atoms with Crippen LogP contribution in [-0.4, -0.2) is 95.8 Å². The van der Waals surface area contributed by atoms with Crippen molar-refractivity contribution in [1.82, 2.24) is 0 Å². The molecule has 21 heavy (non-hydrogen) atoms. The van der Waals surface area contributed by atoms with Crippen molar-refractivity contribution in [3.63, 3.8) is 0 Å². The third-order valence-electron chi connectivity index (χ3n) is 2.02. The van der Waals surface area contributed by atoms with E-state index in [1.807, 2.05) is 0 Å². The van der Waals surface area contributed by atoms with E-state index in [4.69, 9.17) is 46.6 Å². The minimum atomic E-state index is -2.36. The second-order valence-electron chi connectivity index (χ2n) is 3.67. The highest BCUT2D eigenvalue weighted by Crippen LogP contribution is 2.05. The molecule has 5 atom stereocenters. The molecule has 0 fully saturated rings. The first-order valence-corrected chi connectivity index (χ1v) is 5.24. The molecule has 0 aliphatic carbocycles. The van der Waals surface area contributed by atoms with Gasteiger partial charge in [-0.2, -0.15) is 0 Å². The van der Waals surface area contributed by atoms with Gasteiger partial charge in [0.2, 0.25) is 0 Å². The fourth-order valence-corrected chi connectivity index (χ4v) is 0.744. The Morgan fingerprint density at radius 2 is 1.05 bits per heavy atom. The van der Waals surface area contributed by atoms with Crippen molar-refractivity contribution in [2.24, 2.45) is 5.73 Å². The predicted octanol–water partition coefficient (Wildman–Crippen LogP) is -5.01. The Morgan fingerprint density at radius 1 is 0.762 bits per heavy atom. The zero-order chi connectivity index (χ0) is 17.3. The van der Waals surface area contributed by atoms with E-state index in [1.54, 1.807) is 0 Å². The van der Waals surface area contributed by atoms with E-state index < -0.39 is 55.0 Å². The molecule has 0 amide bonds. The van der Waals surface area contributed by atoms with Crippen molar-refractivity contribution < 1.29 is 55.2 Å². The van der Waals surface area contributed by atoms with Crippen LogP contribution in [0.4, 0.5) is 0 Å². The molecule has 0 rings (SSSR count). The van der Waals surface area contributed by atoms with Gasteiger partial charge in [-0.1, -0.05) is 0 Å². The summed E-state index contributed by atoms with van der Waals surface area (Å²) in [7, 11) is 0. The Balaban J connectivity index is 0. The van der Waals surface area contributed by atoms with Crippen molar-refractivity contribution >= 4 is 17.9 Å². The summed E-state index contributed by atoms with van der Waals surface area (Å²) in [4.78, 5) is 29.8. The molecule has 124 valence electrons. The zero-order valence-electron chi connectivity index (χ0n) is 10.5. The molecule has 0 aromatic rings. The van der Waals surface area contributed by atoms with Crippen molar-refractivity contribution in [2.45, 2.75) is 30.5 Å². The van der Waals surface area contributed by atoms with Crippen LogP contribution >= 0.6 is 0 Å². The molecule has 12 heteroatoms. The Labute approximate surface area is 117 Å². The van der Waals surface area contributed by atoms with Gasteiger partial charge >= 0.3 is 17.9 Å². The normalized spacial score (nSPS) is 17.4. The summed E-state index contributed by atoms with van der Waals surface area (Å²) in [6, 6.07) is -1.13. The predicted molar refractivity (Wildman–Crippen MR) is 62.0 cm³/mol. The van der Waals surface area contributed by atoms with Crippen molar-refractivity contribution in [3.8, 4) is 0 Å². The lowest BCUT2D eigenvalue weighted by molar-refractivity contribution is -0.172. The van der Waals surface area contributed by atoms with Gasteiger partial charge < -0.3 is 46.6 Å². The SMILES string of the molecule is N[C@@H](CO)C(=O)O.O=C(O)[C@@H](O)[C@@H](O)[C@H](O)[C@@H](O)C(=O)O. The molecule has 0 saturated carbocycles. The largest absolute Gasteiger partial charge is 0.480 e. The maximum Gasteiger partial charge on any atom is 0.335 e. The first kappa shape index (κ1) is 21.5. The molecule has 12 nitrogen and oxygen atoms in total. The van der Waals surface area contributed by atoms with Crippen LogP contribution in [0.5, 0.6) is 0 Å². The monoisotopic (exact) mass is 315 g/mol. The second-order valence-corrected chi connectivity index (χ2v) is 3.67. The van der Waals surface area contributed by atoms with Crippen molar-refractivity contribution in [2.75, 3.05) is 6.61 Å². The first-order chi connectivity index (χ1) is 9.47. The van der Waals surface area contributed by atoms with E-state index in [9.17, 15) is 14.4 Å². The average Bonchev–Trinajstić information content (AvgIpc) is 2.43. The van der Waals surface area contributed by atoms with Gasteiger partial charge in [-0.3, -0.25) is 4.79 Å². The number of hydrogen-bond donors (Lipinski definition) is 9. The van der Waals surface area contributed by atoms with Gasteiger partial charge in [0.05, 0.1) is 6.61 Å². The van der Waals surface area contributed by atoms with E-state index in [0.717, 1.165) is 0 Å². The van der Waals surface area contributed by atoms with Crippen molar-refractivity contribution in [1.29, 1.82) is 0 Å². The molecule has 0 aromatic heterocycles. The Morgan fingerprint density at radius 3 is 1.14 bits per heavy atom. The van der Waals surface area contributed by atoms with E-state index in [1.165, 1.54) is 0 Å². The maximum atomic E-state index is 10.1. The molecule has 0 aliphatic heterocycles. The van der Waals surface area contributed by atoms with Gasteiger partial charge in [-0.05, 0) is 0 Å². The summed E-state index contributed by atoms with van der Waals surface area (Å²) >= 11 is 0. The Kier molecular flexibility index (Phi) is 10.2. The second kappa shape index (κ2) is 9.98. The smallest absolute Gasteiger partial charge is 0.335 e. The van der Waals surface area contributed by atoms with Crippen LogP contribution in [0.15, 0.2) is 0 Å². The van der Waals surface area contributed by atoms with Crippen LogP contribution in [0.25, 0.3) is 0 Å². The van der Waals surface area contributed by atoms with Crippen LogP contribution < -0.4 is 5.73 Å². The molecule has 0 saturated heterocycles. The molecule has 0 spiro atoms. The lowest BCUT2D eigenvalue weighted by atomic mass is 10.0. The first-order valence-electron chi connectivity index (χ1n) is 5.24. The topological polar surface area (TPSA) is 239 Å². The standard InChI is InChI=1S/C6H10O8.C3H7NO3/c7-1(3(9)5(11)12)2(8)4(10)6(13)14;4-2(1-5)3(6)7/h1-4,7-10H,(H,11,12)(H,13,14);2,5H,1,4H2,(H,6,7)/t1-,2-,3-,4+;2-/m00/s1. The fourth-order valence-electron chi connectivity index (χ4n) is 0.744. The van der Waals surface area contributed by atoms with Crippen LogP contribution in [0.2, 0.25) is 0 Å². The summed E-state index contributed by atoms with van der Waals surface area (Å²) in [6.07, 6.45) is -9.28. The number of carboxylic acids is 3. The third kappa shape index (κ3) is 8.13. The Hall–Kier alpha value is -1.83. The van der Waals surface area contributed by atoms with Crippen LogP contribution in [0.3, 0.4) is 0 Å². The molecule has 0 aromatic carbocycles. The number of hydrogen-bond acceptors (Lipinski definition) is 9. The summed E-state index contributed by atoms with van der Waals surface area (Å²) in [5.74, 6) is -4.86. The highest BCUT2D eigenvalue weighted by molar-refractivity contribution is 5.75. The number of aliphatic hydroxyl groups is 5. The summed E-state index contributed by atoms with van der Waals surface area (Å²) in [5.41, 5.74) is 4.77. The van der Waals surface area contributed by atoms with Gasteiger partial charge in [-0.25, -0.2) is 9.59 Å². The van der Waals surface area contributed by atoms with E-state index in [0.29, 0.717) is 0 Å². The highest BCUT2D eigenvalue weighted by Gasteiger charge is 2.37. The minimum absolute atomic E-state index is 0.505. The molecule has 0 radical (unpaired) electrons. The lowest BCUT2D eigenvalue weighted by Gasteiger charge is -2.21. The van der Waals surface area contributed by atoms with Crippen LogP contribution in [0, 0.1) is 0 Å². The van der Waals surface area contributed by atoms with Gasteiger partial charge in [0.15, 0.2) is 12.2 Å². The van der Waals surface area contributed by atoms with Gasteiger partial charge in [0.1, 0.15) is 18.2 Å². The summed E-state index contributed by atoms with van der Waals surface area (Å²) in [6.45, 7) is -0.505. The molecule has 0 aliphatic rings. The molecule has 0 unspecified atom stereocenters. The molecular formula is C9H17NO11. The van der Waals surface area contributed by atoms with Gasteiger partial charge in [0, 0.05) is 0 Å². The maximum absolute atomic E-state index is 10.1. The minimum Gasteiger partial charge on any atom is -0.480 e. The molecule has 0 bridgehead atoms. The quantitative estimate of drug-likeness (QED) is 0.214. The van der Waals surface area contributed by atoms with E-state index in [2.05, 4.69) is 0 Å². The number of carboxylic acid groups (broad SMARTS) is 3. The number of aliphatic carboxylic acids is 3. The third-order valence-corrected chi connectivity index (χ3v) is 2.02. The van der Waals surface area contributed by atoms with Crippen LogP contribution in [-0.2, 0) is 14.4 Å². The summed E-state index contributed by atoms with van der Waals surface area (Å²) < 4.78 is 0. The van der Waals surface area contributed by atoms with E-state index in [-0.39, 0.29) is 0 Å². The summed E-state index contributed by atoms with van der Waals surface area (Å²) in [5, 5.41) is 67.3.